The second-order valence-corrected chi connectivity index (χ2v) is 5.53. The van der Waals surface area contributed by atoms with Gasteiger partial charge in [0.2, 0.25) is 0 Å². The highest BCUT2D eigenvalue weighted by atomic mass is 15.5. The molecule has 0 bridgehead atoms. The highest BCUT2D eigenvalue weighted by molar-refractivity contribution is 5.14. The van der Waals surface area contributed by atoms with Crippen molar-refractivity contribution in [1.82, 2.24) is 14.7 Å². The third kappa shape index (κ3) is 2.44. The first-order chi connectivity index (χ1) is 8.84. The molecule has 0 saturated carbocycles. The van der Waals surface area contributed by atoms with Gasteiger partial charge in [0.05, 0.1) is 0 Å². The van der Waals surface area contributed by atoms with Gasteiger partial charge in [0.25, 0.3) is 0 Å². The Bertz CT molecular complexity index is 377. The molecule has 0 aliphatic carbocycles. The van der Waals surface area contributed by atoms with Crippen LogP contribution in [0.15, 0.2) is 30.3 Å². The van der Waals surface area contributed by atoms with Crippen molar-refractivity contribution in [3.8, 4) is 0 Å². The molecular weight excluding hydrogens is 222 g/mol. The van der Waals surface area contributed by atoms with Gasteiger partial charge in [-0.3, -0.25) is 14.7 Å². The van der Waals surface area contributed by atoms with E-state index in [4.69, 9.17) is 0 Å². The van der Waals surface area contributed by atoms with E-state index in [-0.39, 0.29) is 0 Å². The zero-order chi connectivity index (χ0) is 12.4. The summed E-state index contributed by atoms with van der Waals surface area (Å²) >= 11 is 0. The first-order valence-electron chi connectivity index (χ1n) is 7.07. The topological polar surface area (TPSA) is 9.72 Å². The lowest BCUT2D eigenvalue weighted by Gasteiger charge is -2.50. The summed E-state index contributed by atoms with van der Waals surface area (Å²) in [4.78, 5) is 7.76. The molecule has 0 amide bonds. The minimum Gasteiger partial charge on any atom is -0.278 e. The second kappa shape index (κ2) is 5.39. The lowest BCUT2D eigenvalue weighted by Crippen LogP contribution is -2.63. The number of hydrogen-bond acceptors (Lipinski definition) is 3. The Hall–Kier alpha value is -0.900. The van der Waals surface area contributed by atoms with Crippen molar-refractivity contribution >= 4 is 0 Å². The average Bonchev–Trinajstić information content (AvgIpc) is 2.40. The fourth-order valence-corrected chi connectivity index (χ4v) is 3.34. The van der Waals surface area contributed by atoms with Crippen LogP contribution in [0.5, 0.6) is 0 Å². The highest BCUT2D eigenvalue weighted by Crippen LogP contribution is 2.23. The summed E-state index contributed by atoms with van der Waals surface area (Å²) in [5, 5.41) is 0. The standard InChI is InChI=1S/C15H23N3/c1-16-9-5-10-17-11-6-12-18(15(16)17)13-14-7-3-2-4-8-14/h2-4,7-8,15H,5-6,9-13H2,1H3. The number of nitrogens with zero attached hydrogens (tertiary/aromatic N) is 3. The van der Waals surface area contributed by atoms with Crippen LogP contribution < -0.4 is 0 Å². The summed E-state index contributed by atoms with van der Waals surface area (Å²) in [6.07, 6.45) is 3.14. The van der Waals surface area contributed by atoms with E-state index in [2.05, 4.69) is 52.1 Å². The fraction of sp³-hybridized carbons (Fsp3) is 0.600. The normalized spacial score (nSPS) is 27.1. The molecule has 2 aliphatic rings. The molecule has 2 saturated heterocycles. The number of fused-ring (bicyclic) bond motifs is 1. The van der Waals surface area contributed by atoms with Crippen molar-refractivity contribution in [2.45, 2.75) is 25.7 Å². The summed E-state index contributed by atoms with van der Waals surface area (Å²) in [7, 11) is 2.26. The van der Waals surface area contributed by atoms with E-state index in [0.29, 0.717) is 6.29 Å². The van der Waals surface area contributed by atoms with E-state index in [0.717, 1.165) is 6.54 Å². The Labute approximate surface area is 110 Å². The van der Waals surface area contributed by atoms with Crippen molar-refractivity contribution in [2.24, 2.45) is 0 Å². The molecule has 3 heteroatoms. The number of hydrogen-bond donors (Lipinski definition) is 0. The molecule has 2 fully saturated rings. The summed E-state index contributed by atoms with van der Waals surface area (Å²) in [5.74, 6) is 0. The van der Waals surface area contributed by atoms with Gasteiger partial charge in [-0.05, 0) is 25.5 Å². The highest BCUT2D eigenvalue weighted by Gasteiger charge is 2.34. The molecule has 2 aliphatic heterocycles. The van der Waals surface area contributed by atoms with Gasteiger partial charge in [-0.25, -0.2) is 0 Å². The maximum absolute atomic E-state index is 2.63. The molecule has 0 N–H and O–H groups in total. The molecule has 0 aromatic heterocycles. The molecule has 0 spiro atoms. The van der Waals surface area contributed by atoms with E-state index in [1.807, 2.05) is 0 Å². The lowest BCUT2D eigenvalue weighted by molar-refractivity contribution is -0.112. The van der Waals surface area contributed by atoms with Gasteiger partial charge in [-0.2, -0.15) is 0 Å². The molecule has 1 unspecified atom stereocenters. The third-order valence-corrected chi connectivity index (χ3v) is 4.12. The Balaban J connectivity index is 1.74. The largest absolute Gasteiger partial charge is 0.278 e. The monoisotopic (exact) mass is 245 g/mol. The molecule has 3 nitrogen and oxygen atoms in total. The quantitative estimate of drug-likeness (QED) is 0.787. The summed E-state index contributed by atoms with van der Waals surface area (Å²) < 4.78 is 0. The van der Waals surface area contributed by atoms with Crippen LogP contribution in [0.2, 0.25) is 0 Å². The molecule has 1 atom stereocenters. The summed E-state index contributed by atoms with van der Waals surface area (Å²) in [6.45, 7) is 6.06. The molecule has 98 valence electrons. The first kappa shape index (κ1) is 12.2. The van der Waals surface area contributed by atoms with Crippen LogP contribution in [-0.2, 0) is 6.54 Å². The van der Waals surface area contributed by atoms with Gasteiger partial charge in [0, 0.05) is 32.7 Å². The molecule has 1 aromatic carbocycles. The van der Waals surface area contributed by atoms with E-state index >= 15 is 0 Å². The molecule has 18 heavy (non-hydrogen) atoms. The average molecular weight is 245 g/mol. The molecule has 2 heterocycles. The van der Waals surface area contributed by atoms with E-state index < -0.39 is 0 Å². The number of rotatable bonds is 2. The lowest BCUT2D eigenvalue weighted by atomic mass is 10.1. The van der Waals surface area contributed by atoms with E-state index in [1.165, 1.54) is 44.6 Å². The van der Waals surface area contributed by atoms with Crippen molar-refractivity contribution in [2.75, 3.05) is 33.2 Å². The molecular formula is C15H23N3. The maximum atomic E-state index is 2.63. The summed E-state index contributed by atoms with van der Waals surface area (Å²) in [5.41, 5.74) is 1.43. The van der Waals surface area contributed by atoms with Crippen LogP contribution >= 0.6 is 0 Å². The smallest absolute Gasteiger partial charge is 0.119 e. The second-order valence-electron chi connectivity index (χ2n) is 5.53. The molecule has 1 aromatic rings. The Kier molecular flexibility index (Phi) is 3.64. The van der Waals surface area contributed by atoms with E-state index in [9.17, 15) is 0 Å². The van der Waals surface area contributed by atoms with Crippen LogP contribution in [0, 0.1) is 0 Å². The van der Waals surface area contributed by atoms with Crippen molar-refractivity contribution in [3.63, 3.8) is 0 Å². The third-order valence-electron chi connectivity index (χ3n) is 4.12. The van der Waals surface area contributed by atoms with Gasteiger partial charge in [-0.1, -0.05) is 30.3 Å². The summed E-state index contributed by atoms with van der Waals surface area (Å²) in [6, 6.07) is 10.9. The zero-order valence-electron chi connectivity index (χ0n) is 11.3. The van der Waals surface area contributed by atoms with Gasteiger partial charge in [0.15, 0.2) is 0 Å². The molecule has 3 rings (SSSR count). The predicted octanol–water partition coefficient (Wildman–Crippen LogP) is 1.81. The van der Waals surface area contributed by atoms with Crippen LogP contribution in [0.1, 0.15) is 18.4 Å². The van der Waals surface area contributed by atoms with Crippen molar-refractivity contribution in [3.05, 3.63) is 35.9 Å². The van der Waals surface area contributed by atoms with Crippen LogP contribution in [-0.4, -0.2) is 54.2 Å². The Morgan fingerprint density at radius 2 is 1.72 bits per heavy atom. The Morgan fingerprint density at radius 3 is 2.50 bits per heavy atom. The minimum atomic E-state index is 0.521. The van der Waals surface area contributed by atoms with Crippen LogP contribution in [0.25, 0.3) is 0 Å². The first-order valence-corrected chi connectivity index (χ1v) is 7.07. The van der Waals surface area contributed by atoms with Crippen molar-refractivity contribution < 1.29 is 0 Å². The van der Waals surface area contributed by atoms with Crippen LogP contribution in [0.4, 0.5) is 0 Å². The SMILES string of the molecule is CN1CCCN2CCCN(Cc3ccccc3)C12. The molecule has 0 radical (unpaired) electrons. The Morgan fingerprint density at radius 1 is 1.00 bits per heavy atom. The fourth-order valence-electron chi connectivity index (χ4n) is 3.34. The van der Waals surface area contributed by atoms with Gasteiger partial charge in [0.1, 0.15) is 6.29 Å². The van der Waals surface area contributed by atoms with Gasteiger partial charge >= 0.3 is 0 Å². The van der Waals surface area contributed by atoms with Crippen LogP contribution in [0.3, 0.4) is 0 Å². The van der Waals surface area contributed by atoms with Crippen molar-refractivity contribution in [1.29, 1.82) is 0 Å². The maximum Gasteiger partial charge on any atom is 0.119 e. The predicted molar refractivity (Wildman–Crippen MR) is 74.1 cm³/mol. The zero-order valence-corrected chi connectivity index (χ0v) is 11.3. The van der Waals surface area contributed by atoms with Gasteiger partial charge < -0.3 is 0 Å². The number of benzene rings is 1. The minimum absolute atomic E-state index is 0.521. The van der Waals surface area contributed by atoms with E-state index in [1.54, 1.807) is 0 Å². The van der Waals surface area contributed by atoms with Gasteiger partial charge in [-0.15, -0.1) is 0 Å².